The molecule has 1 saturated heterocycles. The van der Waals surface area contributed by atoms with Crippen molar-refractivity contribution in [3.8, 4) is 16.8 Å². The summed E-state index contributed by atoms with van der Waals surface area (Å²) in [5, 5.41) is 17.1. The van der Waals surface area contributed by atoms with E-state index in [0.717, 1.165) is 73.1 Å². The first-order chi connectivity index (χ1) is 16.0. The lowest BCUT2D eigenvalue weighted by atomic mass is 10.1. The first kappa shape index (κ1) is 22.5. The Balaban J connectivity index is 1.54. The van der Waals surface area contributed by atoms with Crippen LogP contribution < -0.4 is 9.62 Å². The van der Waals surface area contributed by atoms with Gasteiger partial charge in [-0.05, 0) is 44.2 Å². The molecule has 0 unspecified atom stereocenters. The van der Waals surface area contributed by atoms with Crippen LogP contribution in [0.2, 0.25) is 0 Å². The Hall–Kier alpha value is -2.33. The van der Waals surface area contributed by atoms with Crippen molar-refractivity contribution >= 4 is 34.6 Å². The molecule has 3 aromatic rings. The maximum absolute atomic E-state index is 13.1. The van der Waals surface area contributed by atoms with Crippen molar-refractivity contribution in [1.82, 2.24) is 24.3 Å². The van der Waals surface area contributed by atoms with E-state index in [2.05, 4.69) is 43.9 Å². The maximum atomic E-state index is 13.1. The number of hydrogen-bond donors (Lipinski definition) is 1. The third kappa shape index (κ3) is 4.55. The first-order valence-electron chi connectivity index (χ1n) is 10.8. The zero-order valence-corrected chi connectivity index (χ0v) is 19.6. The molecule has 1 aliphatic carbocycles. The van der Waals surface area contributed by atoms with E-state index >= 15 is 0 Å². The van der Waals surface area contributed by atoms with Gasteiger partial charge in [-0.25, -0.2) is 18.5 Å². The van der Waals surface area contributed by atoms with Gasteiger partial charge in [-0.3, -0.25) is 4.40 Å². The van der Waals surface area contributed by atoms with Gasteiger partial charge in [-0.1, -0.05) is 11.3 Å². The zero-order chi connectivity index (χ0) is 23.0. The molecule has 4 heterocycles. The third-order valence-corrected chi connectivity index (χ3v) is 7.87. The molecule has 33 heavy (non-hydrogen) atoms. The molecule has 0 bridgehead atoms. The fourth-order valence-corrected chi connectivity index (χ4v) is 5.47. The van der Waals surface area contributed by atoms with E-state index in [0.29, 0.717) is 16.6 Å². The van der Waals surface area contributed by atoms with Gasteiger partial charge in [-0.2, -0.15) is 5.26 Å². The van der Waals surface area contributed by atoms with E-state index < -0.39 is 12.0 Å². The van der Waals surface area contributed by atoms with Gasteiger partial charge in [0.2, 0.25) is 0 Å². The average molecular weight is 492 g/mol. The average Bonchev–Trinajstić information content (AvgIpc) is 3.23. The predicted molar refractivity (Wildman–Crippen MR) is 122 cm³/mol. The fraction of sp³-hybridized carbons (Fsp3) is 0.524. The summed E-state index contributed by atoms with van der Waals surface area (Å²) in [7, 11) is 0. The number of imidazole rings is 1. The summed E-state index contributed by atoms with van der Waals surface area (Å²) in [6.45, 7) is 5.25. The van der Waals surface area contributed by atoms with Gasteiger partial charge in [0.25, 0.3) is 6.43 Å². The van der Waals surface area contributed by atoms with E-state index in [4.69, 9.17) is 4.74 Å². The first-order valence-corrected chi connectivity index (χ1v) is 12.5. The second-order valence-electron chi connectivity index (χ2n) is 8.31. The molecule has 3 aromatic heterocycles. The minimum Gasteiger partial charge on any atom is -0.381 e. The topological polar surface area (TPSA) is 91.4 Å². The van der Waals surface area contributed by atoms with E-state index in [1.807, 2.05) is 10.6 Å². The molecule has 2 fully saturated rings. The predicted octanol–water partition coefficient (Wildman–Crippen LogP) is 4.31. The molecule has 1 aliphatic heterocycles. The molecule has 0 radical (unpaired) electrons. The van der Waals surface area contributed by atoms with Gasteiger partial charge in [0, 0.05) is 36.7 Å². The number of nitrogens with zero attached hydrogens (tertiary/aromatic N) is 6. The number of hydrogen-bond acceptors (Lipinski definition) is 9. The molecule has 0 aromatic carbocycles. The van der Waals surface area contributed by atoms with Gasteiger partial charge in [0.05, 0.1) is 24.6 Å². The number of pyridine rings is 1. The van der Waals surface area contributed by atoms with Gasteiger partial charge in [0.1, 0.15) is 11.2 Å². The Kier molecular flexibility index (Phi) is 6.22. The van der Waals surface area contributed by atoms with Crippen LogP contribution in [-0.2, 0) is 4.74 Å². The molecule has 174 valence electrons. The van der Waals surface area contributed by atoms with Crippen molar-refractivity contribution in [3.63, 3.8) is 0 Å². The van der Waals surface area contributed by atoms with Crippen LogP contribution in [0.3, 0.4) is 0 Å². The molecular formula is C21H23F2N7OS2. The number of nitrogens with one attached hydrogen (secondary N) is 1. The maximum Gasteiger partial charge on any atom is 0.291 e. The molecule has 8 nitrogen and oxygen atoms in total. The van der Waals surface area contributed by atoms with Crippen molar-refractivity contribution in [3.05, 3.63) is 23.5 Å². The van der Waals surface area contributed by atoms with Crippen LogP contribution >= 0.6 is 23.3 Å². The zero-order valence-electron chi connectivity index (χ0n) is 18.0. The quantitative estimate of drug-likeness (QED) is 0.443. The van der Waals surface area contributed by atoms with Crippen LogP contribution in [-0.4, -0.2) is 51.4 Å². The van der Waals surface area contributed by atoms with Gasteiger partial charge in [0.15, 0.2) is 15.7 Å². The normalized spacial score (nSPS) is 19.3. The Morgan fingerprint density at radius 2 is 2.30 bits per heavy atom. The highest BCUT2D eigenvalue weighted by atomic mass is 32.2. The smallest absolute Gasteiger partial charge is 0.291 e. The lowest BCUT2D eigenvalue weighted by molar-refractivity contribution is 0.150. The summed E-state index contributed by atoms with van der Waals surface area (Å²) in [5.74, 6) is 0.443. The summed E-state index contributed by atoms with van der Waals surface area (Å²) in [5.41, 5.74) is 1.81. The van der Waals surface area contributed by atoms with Crippen molar-refractivity contribution in [2.45, 2.75) is 43.0 Å². The highest BCUT2D eigenvalue weighted by Crippen LogP contribution is 2.39. The molecule has 1 atom stereocenters. The molecule has 5 rings (SSSR count). The van der Waals surface area contributed by atoms with E-state index in [1.54, 1.807) is 6.20 Å². The number of rotatable bonds is 9. The lowest BCUT2D eigenvalue weighted by Gasteiger charge is -2.27. The number of ether oxygens (including phenoxy) is 1. The number of fused-ring (bicyclic) bond motifs is 1. The highest BCUT2D eigenvalue weighted by Gasteiger charge is 2.43. The van der Waals surface area contributed by atoms with Crippen LogP contribution in [0, 0.1) is 17.2 Å². The summed E-state index contributed by atoms with van der Waals surface area (Å²) < 4.78 is 36.9. The van der Waals surface area contributed by atoms with Crippen molar-refractivity contribution in [2.75, 3.05) is 31.2 Å². The van der Waals surface area contributed by atoms with Crippen LogP contribution in [0.1, 0.15) is 37.6 Å². The SMILES string of the molecule is CCN(C[C@H]1CCOC1)c1cc(SNC2(C#N)CC2)cn2c(-c3nnc(C(F)F)s3)cnc12. The minimum absolute atomic E-state index is 0.312. The summed E-state index contributed by atoms with van der Waals surface area (Å²) >= 11 is 2.27. The number of nitriles is 1. The van der Waals surface area contributed by atoms with Crippen LogP contribution in [0.25, 0.3) is 16.3 Å². The summed E-state index contributed by atoms with van der Waals surface area (Å²) in [4.78, 5) is 7.81. The van der Waals surface area contributed by atoms with Crippen molar-refractivity contribution in [1.29, 1.82) is 5.26 Å². The number of aromatic nitrogens is 4. The Morgan fingerprint density at radius 1 is 1.45 bits per heavy atom. The van der Waals surface area contributed by atoms with E-state index in [-0.39, 0.29) is 5.01 Å². The largest absolute Gasteiger partial charge is 0.381 e. The van der Waals surface area contributed by atoms with Crippen LogP contribution in [0.4, 0.5) is 14.5 Å². The fourth-order valence-electron chi connectivity index (χ4n) is 3.87. The van der Waals surface area contributed by atoms with E-state index in [1.165, 1.54) is 11.9 Å². The lowest BCUT2D eigenvalue weighted by Crippen LogP contribution is -2.30. The molecule has 12 heteroatoms. The molecule has 0 amide bonds. The second kappa shape index (κ2) is 9.13. The second-order valence-corrected chi connectivity index (χ2v) is 10.2. The Morgan fingerprint density at radius 3 is 2.94 bits per heavy atom. The highest BCUT2D eigenvalue weighted by molar-refractivity contribution is 7.97. The molecular weight excluding hydrogens is 468 g/mol. The van der Waals surface area contributed by atoms with Gasteiger partial charge in [-0.15, -0.1) is 10.2 Å². The number of halogens is 2. The summed E-state index contributed by atoms with van der Waals surface area (Å²) in [6, 6.07) is 4.41. The molecule has 1 saturated carbocycles. The molecule has 0 spiro atoms. The van der Waals surface area contributed by atoms with Gasteiger partial charge >= 0.3 is 0 Å². The Bertz CT molecular complexity index is 1180. The van der Waals surface area contributed by atoms with Crippen molar-refractivity contribution in [2.24, 2.45) is 5.92 Å². The van der Waals surface area contributed by atoms with E-state index in [9.17, 15) is 14.0 Å². The Labute approximate surface area is 198 Å². The molecule has 2 aliphatic rings. The number of alkyl halides is 2. The van der Waals surface area contributed by atoms with Crippen LogP contribution in [0.5, 0.6) is 0 Å². The third-order valence-electron chi connectivity index (χ3n) is 5.96. The minimum atomic E-state index is -2.66. The van der Waals surface area contributed by atoms with Crippen molar-refractivity contribution < 1.29 is 13.5 Å². The monoisotopic (exact) mass is 491 g/mol. The standard InChI is InChI=1S/C21H23F2N7OS2/c1-2-29(9-13-3-6-31-11-13)15-7-14(33-28-21(12-24)4-5-21)10-30-16(8-25-18(15)30)19-26-27-20(32-19)17(22)23/h7-8,10,13,17,28H,2-6,9,11H2,1H3/t13-/m1/s1. The van der Waals surface area contributed by atoms with Crippen LogP contribution in [0.15, 0.2) is 23.4 Å². The number of anilines is 1. The molecule has 1 N–H and O–H groups in total. The van der Waals surface area contributed by atoms with Gasteiger partial charge < -0.3 is 9.64 Å². The summed E-state index contributed by atoms with van der Waals surface area (Å²) in [6.07, 6.45) is 3.57.